The maximum Gasteiger partial charge on any atom is 0.326 e. The summed E-state index contributed by atoms with van der Waals surface area (Å²) in [4.78, 5) is 31.2. The van der Waals surface area contributed by atoms with Crippen molar-refractivity contribution in [1.82, 2.24) is 20.2 Å². The first-order valence-corrected chi connectivity index (χ1v) is 6.37. The molecule has 2 atom stereocenters. The predicted molar refractivity (Wildman–Crippen MR) is 69.2 cm³/mol. The number of carbonyl (C=O) groups excluding carboxylic acids is 1. The van der Waals surface area contributed by atoms with E-state index in [2.05, 4.69) is 15.3 Å². The Morgan fingerprint density at radius 1 is 1.71 bits per heavy atom. The second-order valence-corrected chi connectivity index (χ2v) is 4.56. The van der Waals surface area contributed by atoms with Crippen molar-refractivity contribution in [2.45, 2.75) is 18.6 Å². The summed E-state index contributed by atoms with van der Waals surface area (Å²) in [6, 6.07) is 0.337. The Balaban J connectivity index is 1.95. The first kappa shape index (κ1) is 14.8. The minimum Gasteiger partial charge on any atom is -0.480 e. The molecule has 9 nitrogen and oxygen atoms in total. The third-order valence-electron chi connectivity index (χ3n) is 3.07. The van der Waals surface area contributed by atoms with E-state index in [9.17, 15) is 14.7 Å². The number of nitriles is 1. The number of imidazole rings is 1. The summed E-state index contributed by atoms with van der Waals surface area (Å²) in [5.74, 6) is -1.14. The monoisotopic (exact) mass is 293 g/mol. The number of nitrogens with one attached hydrogen (secondary N) is 2. The number of hydrogen-bond acceptors (Lipinski definition) is 5. The van der Waals surface area contributed by atoms with Gasteiger partial charge in [0, 0.05) is 24.9 Å². The summed E-state index contributed by atoms with van der Waals surface area (Å²) >= 11 is 0. The highest BCUT2D eigenvalue weighted by molar-refractivity contribution is 5.82. The van der Waals surface area contributed by atoms with Crippen molar-refractivity contribution in [2.24, 2.45) is 0 Å². The van der Waals surface area contributed by atoms with Gasteiger partial charge in [0.15, 0.2) is 6.10 Å². The lowest BCUT2D eigenvalue weighted by atomic mass is 10.1. The Morgan fingerprint density at radius 2 is 2.52 bits per heavy atom. The third kappa shape index (κ3) is 3.93. The van der Waals surface area contributed by atoms with Crippen molar-refractivity contribution in [1.29, 1.82) is 5.26 Å². The van der Waals surface area contributed by atoms with Crippen LogP contribution in [0.15, 0.2) is 12.5 Å². The summed E-state index contributed by atoms with van der Waals surface area (Å²) in [5.41, 5.74) is 0.611. The van der Waals surface area contributed by atoms with Gasteiger partial charge < -0.3 is 25.0 Å². The fourth-order valence-corrected chi connectivity index (χ4v) is 1.97. The zero-order valence-electron chi connectivity index (χ0n) is 11.2. The van der Waals surface area contributed by atoms with Gasteiger partial charge in [0.05, 0.1) is 25.5 Å². The Labute approximate surface area is 120 Å². The van der Waals surface area contributed by atoms with Crippen molar-refractivity contribution in [3.05, 3.63) is 18.2 Å². The zero-order chi connectivity index (χ0) is 15.2. The molecule has 1 fully saturated rings. The number of rotatable bonds is 4. The Kier molecular flexibility index (Phi) is 4.73. The lowest BCUT2D eigenvalue weighted by molar-refractivity contribution is -0.139. The van der Waals surface area contributed by atoms with Gasteiger partial charge in [-0.1, -0.05) is 0 Å². The number of carboxylic acid groups (broad SMARTS) is 1. The van der Waals surface area contributed by atoms with Crippen molar-refractivity contribution < 1.29 is 19.4 Å². The van der Waals surface area contributed by atoms with Crippen LogP contribution in [-0.4, -0.2) is 63.8 Å². The van der Waals surface area contributed by atoms with Crippen LogP contribution >= 0.6 is 0 Å². The van der Waals surface area contributed by atoms with Gasteiger partial charge in [-0.15, -0.1) is 0 Å². The average molecular weight is 293 g/mol. The average Bonchev–Trinajstić information content (AvgIpc) is 2.99. The lowest BCUT2D eigenvalue weighted by Gasteiger charge is -2.30. The van der Waals surface area contributed by atoms with Crippen LogP contribution in [0.3, 0.4) is 0 Å². The topological polar surface area (TPSA) is 131 Å². The highest BCUT2D eigenvalue weighted by atomic mass is 16.5. The quantitative estimate of drug-likeness (QED) is 0.675. The largest absolute Gasteiger partial charge is 0.480 e. The highest BCUT2D eigenvalue weighted by Gasteiger charge is 2.28. The van der Waals surface area contributed by atoms with Gasteiger partial charge >= 0.3 is 12.0 Å². The van der Waals surface area contributed by atoms with Crippen LogP contribution in [0, 0.1) is 11.3 Å². The van der Waals surface area contributed by atoms with Crippen LogP contribution in [0.25, 0.3) is 0 Å². The van der Waals surface area contributed by atoms with E-state index in [-0.39, 0.29) is 19.6 Å². The lowest BCUT2D eigenvalue weighted by Crippen LogP contribution is -2.53. The summed E-state index contributed by atoms with van der Waals surface area (Å²) in [7, 11) is 0. The van der Waals surface area contributed by atoms with E-state index in [0.717, 1.165) is 0 Å². The van der Waals surface area contributed by atoms with E-state index in [4.69, 9.17) is 10.00 Å². The number of carboxylic acids is 1. The summed E-state index contributed by atoms with van der Waals surface area (Å²) < 4.78 is 5.13. The molecule has 2 heterocycles. The first-order valence-electron chi connectivity index (χ1n) is 6.37. The van der Waals surface area contributed by atoms with E-state index in [1.54, 1.807) is 0 Å². The van der Waals surface area contributed by atoms with Gasteiger partial charge in [0.2, 0.25) is 0 Å². The maximum atomic E-state index is 12.1. The fourth-order valence-electron chi connectivity index (χ4n) is 1.97. The molecular formula is C12H15N5O4. The number of nitrogens with zero attached hydrogens (tertiary/aromatic N) is 3. The number of ether oxygens (including phenoxy) is 1. The van der Waals surface area contributed by atoms with E-state index >= 15 is 0 Å². The smallest absolute Gasteiger partial charge is 0.326 e. The van der Waals surface area contributed by atoms with E-state index in [1.165, 1.54) is 17.4 Å². The molecule has 0 bridgehead atoms. The molecule has 9 heteroatoms. The number of hydrogen-bond donors (Lipinski definition) is 3. The van der Waals surface area contributed by atoms with Gasteiger partial charge in [-0.25, -0.2) is 14.6 Å². The molecule has 0 saturated carbocycles. The molecule has 0 aromatic carbocycles. The molecule has 21 heavy (non-hydrogen) atoms. The van der Waals surface area contributed by atoms with Gasteiger partial charge in [0.1, 0.15) is 6.04 Å². The Bertz CT molecular complexity index is 538. The summed E-state index contributed by atoms with van der Waals surface area (Å²) in [6.45, 7) is 0.697. The highest BCUT2D eigenvalue weighted by Crippen LogP contribution is 2.06. The zero-order valence-corrected chi connectivity index (χ0v) is 11.2. The Hall–Kier alpha value is -2.60. The van der Waals surface area contributed by atoms with Crippen molar-refractivity contribution in [3.8, 4) is 6.07 Å². The number of aromatic amines is 1. The van der Waals surface area contributed by atoms with Crippen LogP contribution in [0.2, 0.25) is 0 Å². The summed E-state index contributed by atoms with van der Waals surface area (Å²) in [5, 5.41) is 20.4. The fraction of sp³-hybridized carbons (Fsp3) is 0.500. The number of aliphatic carboxylic acids is 1. The molecule has 0 spiro atoms. The maximum absolute atomic E-state index is 12.1. The summed E-state index contributed by atoms with van der Waals surface area (Å²) in [6.07, 6.45) is 2.37. The van der Waals surface area contributed by atoms with E-state index in [1.807, 2.05) is 6.07 Å². The standard InChI is InChI=1S/C12H15N5O4/c13-4-9-6-17(1-2-21-9)12(20)16-10(11(18)19)3-8-5-14-7-15-8/h5,7,9-10H,1-3,6H2,(H,14,15)(H,16,20)(H,18,19)/t9?,10-/m1/s1. The van der Waals surface area contributed by atoms with Crippen molar-refractivity contribution in [2.75, 3.05) is 19.7 Å². The number of morpholine rings is 1. The molecule has 2 amide bonds. The molecule has 0 radical (unpaired) electrons. The van der Waals surface area contributed by atoms with E-state index in [0.29, 0.717) is 12.2 Å². The molecule has 3 N–H and O–H groups in total. The molecule has 1 aromatic rings. The molecule has 1 aliphatic heterocycles. The number of aromatic nitrogens is 2. The first-order chi connectivity index (χ1) is 10.1. The van der Waals surface area contributed by atoms with Gasteiger partial charge in [-0.05, 0) is 0 Å². The molecule has 1 aliphatic rings. The van der Waals surface area contributed by atoms with Crippen LogP contribution in [0.5, 0.6) is 0 Å². The van der Waals surface area contributed by atoms with Crippen LogP contribution < -0.4 is 5.32 Å². The van der Waals surface area contributed by atoms with Gasteiger partial charge in [-0.2, -0.15) is 5.26 Å². The Morgan fingerprint density at radius 3 is 3.14 bits per heavy atom. The van der Waals surface area contributed by atoms with Crippen molar-refractivity contribution >= 4 is 12.0 Å². The molecule has 1 aromatic heterocycles. The van der Waals surface area contributed by atoms with Gasteiger partial charge in [0.25, 0.3) is 0 Å². The number of urea groups is 1. The molecule has 1 unspecified atom stereocenters. The van der Waals surface area contributed by atoms with Crippen LogP contribution in [0.4, 0.5) is 4.79 Å². The van der Waals surface area contributed by atoms with Crippen molar-refractivity contribution in [3.63, 3.8) is 0 Å². The predicted octanol–water partition coefficient (Wildman–Crippen LogP) is -0.661. The van der Waals surface area contributed by atoms with E-state index < -0.39 is 24.1 Å². The SMILES string of the molecule is N#CC1CN(C(=O)N[C@H](Cc2cnc[nH]2)C(=O)O)CCO1. The second-order valence-electron chi connectivity index (χ2n) is 4.56. The molecule has 2 rings (SSSR count). The minimum absolute atomic E-state index is 0.104. The number of carbonyl (C=O) groups is 2. The molecule has 1 saturated heterocycles. The molecular weight excluding hydrogens is 278 g/mol. The third-order valence-corrected chi connectivity index (χ3v) is 3.07. The number of amides is 2. The number of H-pyrrole nitrogens is 1. The minimum atomic E-state index is -1.14. The van der Waals surface area contributed by atoms with Gasteiger partial charge in [-0.3, -0.25) is 0 Å². The second kappa shape index (κ2) is 6.71. The van der Waals surface area contributed by atoms with Crippen LogP contribution in [-0.2, 0) is 16.0 Å². The van der Waals surface area contributed by atoms with Crippen LogP contribution in [0.1, 0.15) is 5.69 Å². The molecule has 0 aliphatic carbocycles. The normalized spacial score (nSPS) is 19.6. The molecule has 112 valence electrons.